The molecule has 0 bridgehead atoms. The van der Waals surface area contributed by atoms with Crippen LogP contribution >= 0.6 is 0 Å². The maximum Gasteiger partial charge on any atom is 0.415 e. The average molecular weight is 279 g/mol. The van der Waals surface area contributed by atoms with Crippen molar-refractivity contribution >= 4 is 11.9 Å². The number of hydrogen-bond donors (Lipinski definition) is 2. The number of benzene rings is 1. The summed E-state index contributed by atoms with van der Waals surface area (Å²) in [6, 6.07) is 8.88. The van der Waals surface area contributed by atoms with E-state index in [0.29, 0.717) is 31.2 Å². The minimum atomic E-state index is -0.435. The number of para-hydroxylation sites is 1. The van der Waals surface area contributed by atoms with Gasteiger partial charge in [-0.1, -0.05) is 37.2 Å². The molecule has 0 fully saturated rings. The first kappa shape index (κ1) is 15.8. The molecule has 0 aliphatic heterocycles. The van der Waals surface area contributed by atoms with E-state index in [4.69, 9.17) is 15.7 Å². The van der Waals surface area contributed by atoms with Crippen molar-refractivity contribution in [2.45, 2.75) is 20.3 Å². The van der Waals surface area contributed by atoms with E-state index >= 15 is 0 Å². The van der Waals surface area contributed by atoms with Crippen molar-refractivity contribution in [2.24, 2.45) is 16.8 Å². The number of carbonyl (C=O) groups is 1. The van der Waals surface area contributed by atoms with E-state index in [1.807, 2.05) is 19.9 Å². The quantitative estimate of drug-likeness (QED) is 0.362. The molecule has 3 N–H and O–H groups in total. The van der Waals surface area contributed by atoms with Crippen molar-refractivity contribution in [1.29, 1.82) is 0 Å². The van der Waals surface area contributed by atoms with Gasteiger partial charge >= 0.3 is 6.09 Å². The lowest BCUT2D eigenvalue weighted by atomic mass is 10.2. The minimum absolute atomic E-state index is 0.0891. The Morgan fingerprint density at radius 2 is 2.05 bits per heavy atom. The Labute approximate surface area is 118 Å². The Morgan fingerprint density at radius 1 is 1.40 bits per heavy atom. The highest BCUT2D eigenvalue weighted by Gasteiger charge is 2.17. The molecule has 1 aromatic carbocycles. The molecule has 0 saturated heterocycles. The van der Waals surface area contributed by atoms with E-state index in [0.717, 1.165) is 0 Å². The number of ether oxygens (including phenoxy) is 1. The van der Waals surface area contributed by atoms with Gasteiger partial charge in [0.2, 0.25) is 0 Å². The molecule has 6 heteroatoms. The van der Waals surface area contributed by atoms with Crippen molar-refractivity contribution in [2.75, 3.05) is 13.1 Å². The zero-order chi connectivity index (χ0) is 15.0. The van der Waals surface area contributed by atoms with Crippen molar-refractivity contribution in [3.8, 4) is 5.75 Å². The summed E-state index contributed by atoms with van der Waals surface area (Å²) in [6.45, 7) is 4.91. The molecular weight excluding hydrogens is 258 g/mol. The maximum absolute atomic E-state index is 12.1. The van der Waals surface area contributed by atoms with E-state index < -0.39 is 6.09 Å². The second-order valence-electron chi connectivity index (χ2n) is 4.86. The normalized spacial score (nSPS) is 11.4. The first-order chi connectivity index (χ1) is 9.52. The van der Waals surface area contributed by atoms with Gasteiger partial charge in [0, 0.05) is 19.5 Å². The molecule has 0 aromatic heterocycles. The van der Waals surface area contributed by atoms with Gasteiger partial charge in [0.15, 0.2) is 0 Å². The molecule has 0 spiro atoms. The van der Waals surface area contributed by atoms with Crippen molar-refractivity contribution < 1.29 is 14.7 Å². The highest BCUT2D eigenvalue weighted by atomic mass is 16.6. The molecule has 6 nitrogen and oxygen atoms in total. The number of rotatable bonds is 6. The highest BCUT2D eigenvalue weighted by Crippen LogP contribution is 2.11. The first-order valence-corrected chi connectivity index (χ1v) is 6.51. The Kier molecular flexibility index (Phi) is 6.36. The first-order valence-electron chi connectivity index (χ1n) is 6.51. The van der Waals surface area contributed by atoms with Crippen LogP contribution < -0.4 is 10.5 Å². The van der Waals surface area contributed by atoms with Gasteiger partial charge in [0.05, 0.1) is 0 Å². The van der Waals surface area contributed by atoms with E-state index in [-0.39, 0.29) is 5.84 Å². The van der Waals surface area contributed by atoms with Crippen LogP contribution in [-0.4, -0.2) is 35.1 Å². The van der Waals surface area contributed by atoms with Crippen LogP contribution in [0.4, 0.5) is 4.79 Å². The molecule has 1 amide bonds. The third kappa shape index (κ3) is 5.60. The molecule has 0 aliphatic rings. The zero-order valence-electron chi connectivity index (χ0n) is 11.8. The third-order valence-corrected chi connectivity index (χ3v) is 2.56. The van der Waals surface area contributed by atoms with Gasteiger partial charge in [-0.05, 0) is 18.1 Å². The summed E-state index contributed by atoms with van der Waals surface area (Å²) in [6.07, 6.45) is -0.136. The van der Waals surface area contributed by atoms with Gasteiger partial charge in [-0.25, -0.2) is 4.79 Å². The summed E-state index contributed by atoms with van der Waals surface area (Å²) < 4.78 is 5.29. The molecule has 1 aromatic rings. The monoisotopic (exact) mass is 279 g/mol. The van der Waals surface area contributed by atoms with Crippen LogP contribution in [0.1, 0.15) is 20.3 Å². The Hall–Kier alpha value is -2.24. The summed E-state index contributed by atoms with van der Waals surface area (Å²) >= 11 is 0. The predicted molar refractivity (Wildman–Crippen MR) is 76.9 cm³/mol. The lowest BCUT2D eigenvalue weighted by molar-refractivity contribution is 0.147. The smallest absolute Gasteiger partial charge is 0.410 e. The van der Waals surface area contributed by atoms with Crippen LogP contribution in [0.5, 0.6) is 5.75 Å². The molecule has 0 heterocycles. The fourth-order valence-corrected chi connectivity index (χ4v) is 1.65. The SMILES string of the molecule is CC(C)CN(CCC(N)=NO)C(=O)Oc1ccccc1. The molecule has 0 saturated carbocycles. The molecule has 20 heavy (non-hydrogen) atoms. The Balaban J connectivity index is 2.64. The van der Waals surface area contributed by atoms with Crippen LogP contribution in [0.2, 0.25) is 0 Å². The lowest BCUT2D eigenvalue weighted by Crippen LogP contribution is -2.38. The standard InChI is InChI=1S/C14H21N3O3/c1-11(2)10-17(9-8-13(15)16-19)14(18)20-12-6-4-3-5-7-12/h3-7,11,19H,8-10H2,1-2H3,(H2,15,16). The van der Waals surface area contributed by atoms with E-state index in [9.17, 15) is 4.79 Å². The van der Waals surface area contributed by atoms with Crippen LogP contribution in [0, 0.1) is 5.92 Å². The lowest BCUT2D eigenvalue weighted by Gasteiger charge is -2.23. The molecular formula is C14H21N3O3. The number of nitrogens with two attached hydrogens (primary N) is 1. The van der Waals surface area contributed by atoms with Crippen LogP contribution in [0.25, 0.3) is 0 Å². The summed E-state index contributed by atoms with van der Waals surface area (Å²) in [5.41, 5.74) is 5.43. The zero-order valence-corrected chi connectivity index (χ0v) is 11.8. The summed E-state index contributed by atoms with van der Waals surface area (Å²) in [5.74, 6) is 0.881. The summed E-state index contributed by atoms with van der Waals surface area (Å²) in [4.78, 5) is 13.7. The topological polar surface area (TPSA) is 88.1 Å². The fourth-order valence-electron chi connectivity index (χ4n) is 1.65. The number of carbonyl (C=O) groups excluding carboxylic acids is 1. The second-order valence-corrected chi connectivity index (χ2v) is 4.86. The van der Waals surface area contributed by atoms with Gasteiger partial charge in [-0.3, -0.25) is 0 Å². The largest absolute Gasteiger partial charge is 0.415 e. The predicted octanol–water partition coefficient (Wildman–Crippen LogP) is 2.28. The summed E-state index contributed by atoms with van der Waals surface area (Å²) in [7, 11) is 0. The van der Waals surface area contributed by atoms with E-state index in [2.05, 4.69) is 5.16 Å². The molecule has 0 radical (unpaired) electrons. The number of hydrogen-bond acceptors (Lipinski definition) is 4. The van der Waals surface area contributed by atoms with Crippen molar-refractivity contribution in [3.63, 3.8) is 0 Å². The Morgan fingerprint density at radius 3 is 2.60 bits per heavy atom. The fraction of sp³-hybridized carbons (Fsp3) is 0.429. The second kappa shape index (κ2) is 8.04. The van der Waals surface area contributed by atoms with E-state index in [1.54, 1.807) is 29.2 Å². The van der Waals surface area contributed by atoms with Crippen LogP contribution in [-0.2, 0) is 0 Å². The van der Waals surface area contributed by atoms with E-state index in [1.165, 1.54) is 0 Å². The number of nitrogens with zero attached hydrogens (tertiary/aromatic N) is 2. The van der Waals surface area contributed by atoms with Gasteiger partial charge in [0.1, 0.15) is 11.6 Å². The maximum atomic E-state index is 12.1. The van der Waals surface area contributed by atoms with Crippen molar-refractivity contribution in [1.82, 2.24) is 4.90 Å². The highest BCUT2D eigenvalue weighted by molar-refractivity contribution is 5.80. The minimum Gasteiger partial charge on any atom is -0.410 e. The van der Waals surface area contributed by atoms with Gasteiger partial charge in [-0.15, -0.1) is 0 Å². The average Bonchev–Trinajstić information content (AvgIpc) is 2.43. The van der Waals surface area contributed by atoms with Crippen molar-refractivity contribution in [3.05, 3.63) is 30.3 Å². The molecule has 0 atom stereocenters. The van der Waals surface area contributed by atoms with Crippen LogP contribution in [0.3, 0.4) is 0 Å². The molecule has 0 unspecified atom stereocenters. The number of amidine groups is 1. The number of oxime groups is 1. The number of amides is 1. The van der Waals surface area contributed by atoms with Crippen LogP contribution in [0.15, 0.2) is 35.5 Å². The molecule has 110 valence electrons. The van der Waals surface area contributed by atoms with Gasteiger partial charge in [0.25, 0.3) is 0 Å². The summed E-state index contributed by atoms with van der Waals surface area (Å²) in [5, 5.41) is 11.4. The molecule has 1 rings (SSSR count). The van der Waals surface area contributed by atoms with Gasteiger partial charge < -0.3 is 20.6 Å². The third-order valence-electron chi connectivity index (χ3n) is 2.56. The molecule has 0 aliphatic carbocycles. The van der Waals surface area contributed by atoms with Gasteiger partial charge in [-0.2, -0.15) is 0 Å². The Bertz CT molecular complexity index is 446.